The van der Waals surface area contributed by atoms with Crippen molar-refractivity contribution in [3.8, 4) is 0 Å². The van der Waals surface area contributed by atoms with Crippen LogP contribution in [0.15, 0.2) is 18.2 Å². The Balaban J connectivity index is 1.66. The van der Waals surface area contributed by atoms with Crippen molar-refractivity contribution in [3.05, 3.63) is 35.4 Å². The van der Waals surface area contributed by atoms with E-state index in [9.17, 15) is 18.4 Å². The first-order valence-corrected chi connectivity index (χ1v) is 10.4. The number of nitrogens with zero attached hydrogens (tertiary/aromatic N) is 1. The molecule has 0 aliphatic carbocycles. The van der Waals surface area contributed by atoms with Crippen molar-refractivity contribution < 1.29 is 23.1 Å². The van der Waals surface area contributed by atoms with E-state index in [1.54, 1.807) is 0 Å². The SMILES string of the molecule is CCCCCCCCCOC(=O)C1CCN(C(=O)c2ccc(F)cc2F)CC1. The number of rotatable bonds is 10. The maximum Gasteiger partial charge on any atom is 0.309 e. The van der Waals surface area contributed by atoms with Crippen LogP contribution in [0.25, 0.3) is 0 Å². The van der Waals surface area contributed by atoms with Crippen LogP contribution in [-0.4, -0.2) is 36.5 Å². The zero-order valence-electron chi connectivity index (χ0n) is 16.7. The molecule has 6 heteroatoms. The molecule has 0 aromatic heterocycles. The first kappa shape index (κ1) is 22.3. The van der Waals surface area contributed by atoms with Crippen LogP contribution in [0.5, 0.6) is 0 Å². The van der Waals surface area contributed by atoms with E-state index in [2.05, 4.69) is 6.92 Å². The predicted molar refractivity (Wildman–Crippen MR) is 104 cm³/mol. The second-order valence-electron chi connectivity index (χ2n) is 7.48. The van der Waals surface area contributed by atoms with E-state index in [0.717, 1.165) is 25.0 Å². The highest BCUT2D eigenvalue weighted by molar-refractivity contribution is 5.94. The number of esters is 1. The van der Waals surface area contributed by atoms with Crippen LogP contribution < -0.4 is 0 Å². The molecule has 0 spiro atoms. The average molecular weight is 395 g/mol. The topological polar surface area (TPSA) is 46.6 Å². The fourth-order valence-electron chi connectivity index (χ4n) is 3.50. The summed E-state index contributed by atoms with van der Waals surface area (Å²) in [5, 5.41) is 0. The molecule has 0 saturated carbocycles. The van der Waals surface area contributed by atoms with E-state index in [-0.39, 0.29) is 17.5 Å². The van der Waals surface area contributed by atoms with Crippen LogP contribution in [0.1, 0.15) is 75.1 Å². The van der Waals surface area contributed by atoms with E-state index in [0.29, 0.717) is 38.6 Å². The molecule has 4 nitrogen and oxygen atoms in total. The fourth-order valence-corrected chi connectivity index (χ4v) is 3.50. The summed E-state index contributed by atoms with van der Waals surface area (Å²) in [6.07, 6.45) is 9.18. The van der Waals surface area contributed by atoms with E-state index in [1.807, 2.05) is 0 Å². The number of amides is 1. The molecule has 156 valence electrons. The molecule has 1 amide bonds. The summed E-state index contributed by atoms with van der Waals surface area (Å²) < 4.78 is 32.2. The number of carbonyl (C=O) groups is 2. The maximum atomic E-state index is 13.8. The molecule has 1 fully saturated rings. The molecular formula is C22H31F2NO3. The Morgan fingerprint density at radius 1 is 1.04 bits per heavy atom. The predicted octanol–water partition coefficient (Wildman–Crippen LogP) is 5.11. The van der Waals surface area contributed by atoms with Crippen LogP contribution in [0.4, 0.5) is 8.78 Å². The van der Waals surface area contributed by atoms with E-state index >= 15 is 0 Å². The van der Waals surface area contributed by atoms with Crippen molar-refractivity contribution >= 4 is 11.9 Å². The van der Waals surface area contributed by atoms with Gasteiger partial charge in [0.2, 0.25) is 0 Å². The van der Waals surface area contributed by atoms with Gasteiger partial charge in [-0.1, -0.05) is 45.4 Å². The van der Waals surface area contributed by atoms with Gasteiger partial charge in [-0.05, 0) is 31.4 Å². The number of piperidine rings is 1. The van der Waals surface area contributed by atoms with E-state index < -0.39 is 17.5 Å². The average Bonchev–Trinajstić information content (AvgIpc) is 2.69. The lowest BCUT2D eigenvalue weighted by Crippen LogP contribution is -2.41. The van der Waals surface area contributed by atoms with E-state index in [4.69, 9.17) is 4.74 Å². The molecule has 2 rings (SSSR count). The minimum atomic E-state index is -0.860. The lowest BCUT2D eigenvalue weighted by Gasteiger charge is -2.31. The smallest absolute Gasteiger partial charge is 0.309 e. The van der Waals surface area contributed by atoms with Crippen molar-refractivity contribution in [2.45, 2.75) is 64.7 Å². The lowest BCUT2D eigenvalue weighted by molar-refractivity contribution is -0.150. The van der Waals surface area contributed by atoms with Crippen LogP contribution >= 0.6 is 0 Å². The summed E-state index contributed by atoms with van der Waals surface area (Å²) in [6, 6.07) is 2.95. The highest BCUT2D eigenvalue weighted by Gasteiger charge is 2.29. The molecule has 0 N–H and O–H groups in total. The van der Waals surface area contributed by atoms with Gasteiger partial charge in [-0.15, -0.1) is 0 Å². The van der Waals surface area contributed by atoms with Gasteiger partial charge in [-0.2, -0.15) is 0 Å². The third kappa shape index (κ3) is 6.88. The van der Waals surface area contributed by atoms with Gasteiger partial charge in [0, 0.05) is 19.2 Å². The van der Waals surface area contributed by atoms with Gasteiger partial charge in [0.1, 0.15) is 11.6 Å². The van der Waals surface area contributed by atoms with Crippen molar-refractivity contribution in [1.82, 2.24) is 4.90 Å². The Hall–Kier alpha value is -1.98. The maximum absolute atomic E-state index is 13.8. The Kier molecular flexibility index (Phi) is 9.38. The van der Waals surface area contributed by atoms with Gasteiger partial charge in [0.25, 0.3) is 5.91 Å². The Morgan fingerprint density at radius 3 is 2.32 bits per heavy atom. The molecule has 28 heavy (non-hydrogen) atoms. The molecule has 1 aliphatic rings. The van der Waals surface area contributed by atoms with Crippen LogP contribution in [0.2, 0.25) is 0 Å². The molecule has 1 aromatic rings. The van der Waals surface area contributed by atoms with Gasteiger partial charge in [-0.3, -0.25) is 9.59 Å². The highest BCUT2D eigenvalue weighted by Crippen LogP contribution is 2.22. The Labute approximate surface area is 166 Å². The van der Waals surface area contributed by atoms with Crippen LogP contribution in [0.3, 0.4) is 0 Å². The third-order valence-electron chi connectivity index (χ3n) is 5.27. The summed E-state index contributed by atoms with van der Waals surface area (Å²) in [6.45, 7) is 3.38. The molecule has 1 aliphatic heterocycles. The molecule has 0 bridgehead atoms. The normalized spacial score (nSPS) is 14.9. The van der Waals surface area contributed by atoms with Crippen molar-refractivity contribution in [2.24, 2.45) is 5.92 Å². The minimum Gasteiger partial charge on any atom is -0.465 e. The zero-order chi connectivity index (χ0) is 20.4. The molecule has 0 unspecified atom stereocenters. The summed E-state index contributed by atoms with van der Waals surface area (Å²) in [4.78, 5) is 26.1. The standard InChI is InChI=1S/C22H31F2NO3/c1-2-3-4-5-6-7-8-15-28-22(27)17-11-13-25(14-12-17)21(26)19-10-9-18(23)16-20(19)24/h9-10,16-17H,2-8,11-15H2,1H3. The highest BCUT2D eigenvalue weighted by atomic mass is 19.1. The molecule has 0 atom stereocenters. The summed E-state index contributed by atoms with van der Waals surface area (Å²) in [7, 11) is 0. The summed E-state index contributed by atoms with van der Waals surface area (Å²) in [5.41, 5.74) is -0.138. The summed E-state index contributed by atoms with van der Waals surface area (Å²) >= 11 is 0. The minimum absolute atomic E-state index is 0.138. The number of hydrogen-bond donors (Lipinski definition) is 0. The second-order valence-corrected chi connectivity index (χ2v) is 7.48. The Bertz CT molecular complexity index is 643. The number of benzene rings is 1. The molecule has 0 radical (unpaired) electrons. The Morgan fingerprint density at radius 2 is 1.68 bits per heavy atom. The summed E-state index contributed by atoms with van der Waals surface area (Å²) in [5.74, 6) is -2.46. The number of unbranched alkanes of at least 4 members (excludes halogenated alkanes) is 6. The van der Waals surface area contributed by atoms with Gasteiger partial charge in [-0.25, -0.2) is 8.78 Å². The molecule has 1 heterocycles. The number of likely N-dealkylation sites (tertiary alicyclic amines) is 1. The number of ether oxygens (including phenoxy) is 1. The van der Waals surface area contributed by atoms with Crippen molar-refractivity contribution in [1.29, 1.82) is 0 Å². The largest absolute Gasteiger partial charge is 0.465 e. The van der Waals surface area contributed by atoms with Gasteiger partial charge >= 0.3 is 5.97 Å². The first-order valence-electron chi connectivity index (χ1n) is 10.4. The van der Waals surface area contributed by atoms with Gasteiger partial charge in [0.15, 0.2) is 0 Å². The van der Waals surface area contributed by atoms with Crippen LogP contribution in [0, 0.1) is 17.6 Å². The zero-order valence-corrected chi connectivity index (χ0v) is 16.7. The van der Waals surface area contributed by atoms with Gasteiger partial charge in [0.05, 0.1) is 18.1 Å². The fraction of sp³-hybridized carbons (Fsp3) is 0.636. The van der Waals surface area contributed by atoms with Crippen molar-refractivity contribution in [2.75, 3.05) is 19.7 Å². The number of hydrogen-bond acceptors (Lipinski definition) is 3. The second kappa shape index (κ2) is 11.8. The van der Waals surface area contributed by atoms with Crippen molar-refractivity contribution in [3.63, 3.8) is 0 Å². The quantitative estimate of drug-likeness (QED) is 0.408. The van der Waals surface area contributed by atoms with Gasteiger partial charge < -0.3 is 9.64 Å². The number of carbonyl (C=O) groups excluding carboxylic acids is 2. The lowest BCUT2D eigenvalue weighted by atomic mass is 9.96. The van der Waals surface area contributed by atoms with E-state index in [1.165, 1.54) is 37.0 Å². The molecule has 1 saturated heterocycles. The van der Waals surface area contributed by atoms with Crippen LogP contribution in [-0.2, 0) is 9.53 Å². The molecular weight excluding hydrogens is 364 g/mol. The first-order chi connectivity index (χ1) is 13.5. The third-order valence-corrected chi connectivity index (χ3v) is 5.27. The monoisotopic (exact) mass is 395 g/mol. The molecule has 1 aromatic carbocycles. The number of halogens is 2.